The fourth-order valence-electron chi connectivity index (χ4n) is 1.20. The minimum absolute atomic E-state index is 0. The Kier molecular flexibility index (Phi) is 12.0. The number of hydrogen-bond donors (Lipinski definition) is 0. The number of ether oxygens (including phenoxy) is 1. The van der Waals surface area contributed by atoms with E-state index in [1.54, 1.807) is 7.11 Å². The van der Waals surface area contributed by atoms with Gasteiger partial charge in [0.25, 0.3) is 0 Å². The number of rotatable bonds is 4. The molecule has 1 heteroatoms. The molecule has 0 fully saturated rings. The molecule has 0 spiro atoms. The van der Waals surface area contributed by atoms with Gasteiger partial charge in [0.05, 0.1) is 6.10 Å². The summed E-state index contributed by atoms with van der Waals surface area (Å²) in [5, 5.41) is 0. The summed E-state index contributed by atoms with van der Waals surface area (Å²) in [6, 6.07) is 0. The quantitative estimate of drug-likeness (QED) is 0.606. The smallest absolute Gasteiger partial charge is 0.0628 e. The minimum atomic E-state index is 0. The van der Waals surface area contributed by atoms with Crippen molar-refractivity contribution in [1.29, 1.82) is 0 Å². The van der Waals surface area contributed by atoms with Gasteiger partial charge in [-0.15, -0.1) is 0 Å². The zero-order valence-electron chi connectivity index (χ0n) is 9.92. The largest absolute Gasteiger partial charge is 0.381 e. The summed E-state index contributed by atoms with van der Waals surface area (Å²) in [6.45, 7) is 11.0. The average molecular weight is 216 g/mol. The van der Waals surface area contributed by atoms with E-state index in [0.29, 0.717) is 12.0 Å². The van der Waals surface area contributed by atoms with Gasteiger partial charge in [0.15, 0.2) is 0 Å². The monoisotopic (exact) mass is 216 g/mol. The highest BCUT2D eigenvalue weighted by Gasteiger charge is 2.10. The zero-order valence-corrected chi connectivity index (χ0v) is 9.92. The van der Waals surface area contributed by atoms with Crippen molar-refractivity contribution in [2.75, 3.05) is 7.11 Å². The minimum Gasteiger partial charge on any atom is -0.381 e. The summed E-state index contributed by atoms with van der Waals surface area (Å²) < 4.78 is 5.38. The molecule has 1 atom stereocenters. The molecule has 0 aromatic heterocycles. The van der Waals surface area contributed by atoms with Crippen molar-refractivity contribution in [1.82, 2.24) is 0 Å². The molecule has 0 radical (unpaired) electrons. The van der Waals surface area contributed by atoms with Gasteiger partial charge >= 0.3 is 0 Å². The maximum absolute atomic E-state index is 5.38. The molecule has 0 saturated carbocycles. The fraction of sp³-hybridized carbons (Fsp3) is 0.857. The Balaban J connectivity index is -0.000000720. The van der Waals surface area contributed by atoms with E-state index >= 15 is 0 Å². The van der Waals surface area contributed by atoms with E-state index in [9.17, 15) is 0 Å². The highest BCUT2D eigenvalue weighted by atomic mass is 16.5. The lowest BCUT2D eigenvalue weighted by atomic mass is 9.94. The summed E-state index contributed by atoms with van der Waals surface area (Å²) >= 11 is 0. The Bertz CT molecular complexity index is 151. The molecule has 0 rings (SSSR count). The van der Waals surface area contributed by atoms with Crippen molar-refractivity contribution in [3.05, 3.63) is 12.2 Å². The molecule has 0 amide bonds. The van der Waals surface area contributed by atoms with Crippen LogP contribution in [0.25, 0.3) is 0 Å². The predicted molar refractivity (Wildman–Crippen MR) is 72.3 cm³/mol. The first-order valence-electron chi connectivity index (χ1n) is 5.07. The van der Waals surface area contributed by atoms with Crippen LogP contribution in [0, 0.1) is 11.3 Å². The Morgan fingerprint density at radius 2 is 1.60 bits per heavy atom. The highest BCUT2D eigenvalue weighted by molar-refractivity contribution is 4.93. The van der Waals surface area contributed by atoms with Crippen molar-refractivity contribution < 1.29 is 4.74 Å². The first-order chi connectivity index (χ1) is 5.87. The van der Waals surface area contributed by atoms with Gasteiger partial charge < -0.3 is 4.74 Å². The number of methoxy groups -OCH3 is 1. The van der Waals surface area contributed by atoms with Crippen LogP contribution in [0.1, 0.15) is 55.9 Å². The first kappa shape index (κ1) is 20.2. The molecule has 0 N–H and O–H groups in total. The molecule has 0 unspecified atom stereocenters. The van der Waals surface area contributed by atoms with Gasteiger partial charge in [-0.1, -0.05) is 61.6 Å². The van der Waals surface area contributed by atoms with E-state index in [2.05, 4.69) is 46.8 Å². The Hall–Kier alpha value is -0.300. The maximum atomic E-state index is 5.38. The number of allylic oxidation sites excluding steroid dienone is 1. The van der Waals surface area contributed by atoms with Gasteiger partial charge in [-0.2, -0.15) is 0 Å². The van der Waals surface area contributed by atoms with Crippen LogP contribution in [0.4, 0.5) is 0 Å². The Morgan fingerprint density at radius 1 is 1.13 bits per heavy atom. The second kappa shape index (κ2) is 8.96. The van der Waals surface area contributed by atoms with Gasteiger partial charge in [0, 0.05) is 7.11 Å². The van der Waals surface area contributed by atoms with Crippen LogP contribution < -0.4 is 0 Å². The van der Waals surface area contributed by atoms with Crippen LogP contribution in [0.3, 0.4) is 0 Å². The van der Waals surface area contributed by atoms with Gasteiger partial charge in [-0.25, -0.2) is 0 Å². The highest BCUT2D eigenvalue weighted by Crippen LogP contribution is 2.17. The van der Waals surface area contributed by atoms with Crippen molar-refractivity contribution in [3.63, 3.8) is 0 Å². The average Bonchev–Trinajstić information content (AvgIpc) is 1.95. The third kappa shape index (κ3) is 11.6. The molecule has 0 aromatic rings. The van der Waals surface area contributed by atoms with Gasteiger partial charge in [0.1, 0.15) is 0 Å². The summed E-state index contributed by atoms with van der Waals surface area (Å²) in [4.78, 5) is 0. The second-order valence-electron chi connectivity index (χ2n) is 5.02. The van der Waals surface area contributed by atoms with Crippen molar-refractivity contribution in [3.8, 4) is 0 Å². The molecule has 0 heterocycles. The van der Waals surface area contributed by atoms with E-state index in [-0.39, 0.29) is 20.3 Å². The molecule has 0 aliphatic carbocycles. The van der Waals surface area contributed by atoms with Gasteiger partial charge in [-0.3, -0.25) is 0 Å². The zero-order chi connectivity index (χ0) is 10.5. The van der Waals surface area contributed by atoms with Crippen LogP contribution in [0.5, 0.6) is 0 Å². The third-order valence-corrected chi connectivity index (χ3v) is 2.03. The Morgan fingerprint density at radius 3 is 1.87 bits per heavy atom. The van der Waals surface area contributed by atoms with Crippen LogP contribution in [-0.2, 0) is 4.74 Å². The molecular weight excluding hydrogens is 184 g/mol. The van der Waals surface area contributed by atoms with Gasteiger partial charge in [-0.05, 0) is 17.8 Å². The van der Waals surface area contributed by atoms with E-state index in [0.717, 1.165) is 6.42 Å². The Labute approximate surface area is 97.9 Å². The summed E-state index contributed by atoms with van der Waals surface area (Å²) in [5.74, 6) is 0.592. The number of hydrogen-bond acceptors (Lipinski definition) is 1. The summed E-state index contributed by atoms with van der Waals surface area (Å²) in [7, 11) is 1.79. The van der Waals surface area contributed by atoms with Crippen molar-refractivity contribution >= 4 is 0 Å². The van der Waals surface area contributed by atoms with Crippen LogP contribution in [-0.4, -0.2) is 13.2 Å². The molecule has 1 nitrogen and oxygen atoms in total. The topological polar surface area (TPSA) is 9.23 Å². The van der Waals surface area contributed by atoms with E-state index < -0.39 is 0 Å². The lowest BCUT2D eigenvalue weighted by Gasteiger charge is -2.18. The molecule has 0 aliphatic rings. The van der Waals surface area contributed by atoms with E-state index in [4.69, 9.17) is 4.74 Å². The first-order valence-corrected chi connectivity index (χ1v) is 5.07. The van der Waals surface area contributed by atoms with Crippen LogP contribution in [0.15, 0.2) is 12.2 Å². The predicted octanol–water partition coefficient (Wildman–Crippen LogP) is 4.92. The second-order valence-corrected chi connectivity index (χ2v) is 5.02. The maximum Gasteiger partial charge on any atom is 0.0628 e. The van der Waals surface area contributed by atoms with E-state index in [1.165, 1.54) is 0 Å². The lowest BCUT2D eigenvalue weighted by Crippen LogP contribution is -2.16. The fourth-order valence-corrected chi connectivity index (χ4v) is 1.20. The van der Waals surface area contributed by atoms with Crippen molar-refractivity contribution in [2.24, 2.45) is 11.3 Å². The van der Waals surface area contributed by atoms with Crippen LogP contribution >= 0.6 is 0 Å². The third-order valence-electron chi connectivity index (χ3n) is 2.03. The van der Waals surface area contributed by atoms with Crippen LogP contribution in [0.2, 0.25) is 0 Å². The molecule has 0 aromatic carbocycles. The molecular formula is C14H32O. The SMILES string of the molecule is C.C.CO[C@@H](CC=CC(C)(C)C)C(C)C. The summed E-state index contributed by atoms with van der Waals surface area (Å²) in [6.07, 6.45) is 5.86. The standard InChI is InChI=1S/C12H24O.2CH4/c1-10(2)11(13-6)8-7-9-12(3,4)5;;/h7,9-11H,8H2,1-6H3;2*1H4/t11-;;/m0../s1. The molecule has 0 saturated heterocycles. The summed E-state index contributed by atoms with van der Waals surface area (Å²) in [5.41, 5.74) is 0.287. The molecule has 0 aliphatic heterocycles. The van der Waals surface area contributed by atoms with Gasteiger partial charge in [0.2, 0.25) is 0 Å². The normalized spacial score (nSPS) is 13.5. The molecule has 94 valence electrons. The lowest BCUT2D eigenvalue weighted by molar-refractivity contribution is 0.0674. The molecule has 15 heavy (non-hydrogen) atoms. The van der Waals surface area contributed by atoms with Crippen molar-refractivity contribution in [2.45, 2.75) is 62.0 Å². The van der Waals surface area contributed by atoms with E-state index in [1.807, 2.05) is 0 Å². The molecule has 0 bridgehead atoms.